The van der Waals surface area contributed by atoms with Crippen LogP contribution in [-0.2, 0) is 14.8 Å². The van der Waals surface area contributed by atoms with Crippen molar-refractivity contribution in [2.45, 2.75) is 33.8 Å². The van der Waals surface area contributed by atoms with Crippen molar-refractivity contribution < 1.29 is 13.2 Å². The Bertz CT molecular complexity index is 539. The van der Waals surface area contributed by atoms with E-state index in [0.29, 0.717) is 11.4 Å². The predicted octanol–water partition coefficient (Wildman–Crippen LogP) is 2.05. The molecule has 5 nitrogen and oxygen atoms in total. The Kier molecular flexibility index (Phi) is 5.20. The van der Waals surface area contributed by atoms with Crippen molar-refractivity contribution in [3.8, 4) is 0 Å². The van der Waals surface area contributed by atoms with Crippen LogP contribution in [0.2, 0.25) is 0 Å². The largest absolute Gasteiger partial charge is 0.397 e. The van der Waals surface area contributed by atoms with Crippen LogP contribution < -0.4 is 10.5 Å². The highest BCUT2D eigenvalue weighted by Crippen LogP contribution is 2.26. The number of nitrogens with one attached hydrogen (secondary N) is 1. The number of benzene rings is 1. The van der Waals surface area contributed by atoms with Gasteiger partial charge in [-0.05, 0) is 44.9 Å². The molecule has 0 spiro atoms. The lowest BCUT2D eigenvalue weighted by molar-refractivity contribution is 0.0913. The number of ether oxygens (including phenoxy) is 1. The maximum Gasteiger partial charge on any atom is 0.235 e. The zero-order valence-corrected chi connectivity index (χ0v) is 12.7. The number of hydrogen-bond acceptors (Lipinski definition) is 4. The van der Waals surface area contributed by atoms with Crippen molar-refractivity contribution in [3.63, 3.8) is 0 Å². The van der Waals surface area contributed by atoms with E-state index in [1.807, 2.05) is 33.8 Å². The van der Waals surface area contributed by atoms with Gasteiger partial charge in [0.05, 0.1) is 29.8 Å². The average Bonchev–Trinajstić information content (AvgIpc) is 2.29. The number of nitrogen functional groups attached to an aromatic ring is 1. The Morgan fingerprint density at radius 3 is 2.53 bits per heavy atom. The van der Waals surface area contributed by atoms with E-state index in [1.165, 1.54) is 0 Å². The lowest BCUT2D eigenvalue weighted by atomic mass is 10.1. The monoisotopic (exact) mass is 286 g/mol. The van der Waals surface area contributed by atoms with Crippen molar-refractivity contribution in [2.24, 2.45) is 0 Å². The second kappa shape index (κ2) is 6.25. The predicted molar refractivity (Wildman–Crippen MR) is 78.8 cm³/mol. The molecule has 0 saturated carbocycles. The van der Waals surface area contributed by atoms with Crippen molar-refractivity contribution in [3.05, 3.63) is 23.3 Å². The highest BCUT2D eigenvalue weighted by atomic mass is 32.2. The standard InChI is InChI=1S/C13H22N2O3S/c1-9(2)18-7-8-19(16,17)15-13-11(4)10(3)5-6-12(13)14/h5-6,9,15H,7-8,14H2,1-4H3. The van der Waals surface area contributed by atoms with Crippen LogP contribution in [0.15, 0.2) is 12.1 Å². The molecule has 6 heteroatoms. The van der Waals surface area contributed by atoms with Gasteiger partial charge in [-0.25, -0.2) is 8.42 Å². The summed E-state index contributed by atoms with van der Waals surface area (Å²) < 4.78 is 31.7. The van der Waals surface area contributed by atoms with Gasteiger partial charge in [0, 0.05) is 0 Å². The van der Waals surface area contributed by atoms with Crippen LogP contribution in [0.4, 0.5) is 11.4 Å². The van der Waals surface area contributed by atoms with Gasteiger partial charge in [-0.15, -0.1) is 0 Å². The fourth-order valence-electron chi connectivity index (χ4n) is 1.57. The van der Waals surface area contributed by atoms with E-state index >= 15 is 0 Å². The molecule has 0 bridgehead atoms. The van der Waals surface area contributed by atoms with E-state index in [1.54, 1.807) is 6.07 Å². The lowest BCUT2D eigenvalue weighted by Gasteiger charge is -2.15. The van der Waals surface area contributed by atoms with Crippen molar-refractivity contribution in [2.75, 3.05) is 22.8 Å². The summed E-state index contributed by atoms with van der Waals surface area (Å²) >= 11 is 0. The smallest absolute Gasteiger partial charge is 0.235 e. The summed E-state index contributed by atoms with van der Waals surface area (Å²) in [5.74, 6) is -0.0853. The highest BCUT2D eigenvalue weighted by molar-refractivity contribution is 7.92. The summed E-state index contributed by atoms with van der Waals surface area (Å²) in [6.45, 7) is 7.64. The quantitative estimate of drug-likeness (QED) is 0.784. The molecule has 0 aromatic heterocycles. The SMILES string of the molecule is Cc1ccc(N)c(NS(=O)(=O)CCOC(C)C)c1C. The molecule has 19 heavy (non-hydrogen) atoms. The van der Waals surface area contributed by atoms with Crippen molar-refractivity contribution >= 4 is 21.4 Å². The molecule has 0 aliphatic rings. The Morgan fingerprint density at radius 2 is 1.95 bits per heavy atom. The zero-order valence-electron chi connectivity index (χ0n) is 11.9. The fourth-order valence-corrected chi connectivity index (χ4v) is 2.57. The molecule has 0 atom stereocenters. The van der Waals surface area contributed by atoms with Gasteiger partial charge in [0.25, 0.3) is 0 Å². The van der Waals surface area contributed by atoms with Crippen LogP contribution in [0.5, 0.6) is 0 Å². The minimum absolute atomic E-state index is 0.0148. The van der Waals surface area contributed by atoms with Crippen LogP contribution in [-0.4, -0.2) is 26.9 Å². The highest BCUT2D eigenvalue weighted by Gasteiger charge is 2.15. The van der Waals surface area contributed by atoms with E-state index in [-0.39, 0.29) is 18.5 Å². The van der Waals surface area contributed by atoms with Crippen LogP contribution in [0.3, 0.4) is 0 Å². The number of nitrogens with two attached hydrogens (primary N) is 1. The van der Waals surface area contributed by atoms with Crippen molar-refractivity contribution in [1.82, 2.24) is 0 Å². The Hall–Kier alpha value is -1.27. The summed E-state index contributed by atoms with van der Waals surface area (Å²) in [4.78, 5) is 0. The topological polar surface area (TPSA) is 81.4 Å². The van der Waals surface area contributed by atoms with E-state index in [2.05, 4.69) is 4.72 Å². The van der Waals surface area contributed by atoms with Crippen LogP contribution in [0.25, 0.3) is 0 Å². The van der Waals surface area contributed by atoms with E-state index in [4.69, 9.17) is 10.5 Å². The first-order valence-electron chi connectivity index (χ1n) is 6.20. The van der Waals surface area contributed by atoms with Gasteiger partial charge in [-0.2, -0.15) is 0 Å². The fraction of sp³-hybridized carbons (Fsp3) is 0.538. The molecular weight excluding hydrogens is 264 g/mol. The van der Waals surface area contributed by atoms with Crippen molar-refractivity contribution in [1.29, 1.82) is 0 Å². The molecule has 0 unspecified atom stereocenters. The average molecular weight is 286 g/mol. The number of anilines is 2. The number of rotatable bonds is 6. The van der Waals surface area contributed by atoms with Gasteiger partial charge in [0.1, 0.15) is 0 Å². The summed E-state index contributed by atoms with van der Waals surface area (Å²) in [7, 11) is -3.45. The summed E-state index contributed by atoms with van der Waals surface area (Å²) in [5, 5.41) is 0. The Morgan fingerprint density at radius 1 is 1.32 bits per heavy atom. The second-order valence-electron chi connectivity index (χ2n) is 4.81. The second-order valence-corrected chi connectivity index (χ2v) is 6.65. The lowest BCUT2D eigenvalue weighted by Crippen LogP contribution is -2.22. The maximum absolute atomic E-state index is 12.0. The molecule has 0 aliphatic heterocycles. The molecular formula is C13H22N2O3S. The van der Waals surface area contributed by atoms with Crippen LogP contribution in [0, 0.1) is 13.8 Å². The molecule has 0 heterocycles. The Labute approximate surface area is 115 Å². The first kappa shape index (κ1) is 15.8. The maximum atomic E-state index is 12.0. The summed E-state index contributed by atoms with van der Waals surface area (Å²) in [6.07, 6.45) is 0.0148. The Balaban J connectivity index is 2.81. The molecule has 0 aliphatic carbocycles. The van der Waals surface area contributed by atoms with Crippen LogP contribution >= 0.6 is 0 Å². The third kappa shape index (κ3) is 4.72. The first-order chi connectivity index (χ1) is 8.73. The molecule has 3 N–H and O–H groups in total. The minimum Gasteiger partial charge on any atom is -0.397 e. The molecule has 1 aromatic carbocycles. The van der Waals surface area contributed by atoms with Gasteiger partial charge in [0.2, 0.25) is 10.0 Å². The van der Waals surface area contributed by atoms with Gasteiger partial charge in [-0.3, -0.25) is 4.72 Å². The van der Waals surface area contributed by atoms with E-state index < -0.39 is 10.0 Å². The van der Waals surface area contributed by atoms with Crippen LogP contribution in [0.1, 0.15) is 25.0 Å². The summed E-state index contributed by atoms with van der Waals surface area (Å²) in [5.41, 5.74) is 8.54. The zero-order chi connectivity index (χ0) is 14.6. The molecule has 108 valence electrons. The van der Waals surface area contributed by atoms with Gasteiger partial charge in [0.15, 0.2) is 0 Å². The normalized spacial score (nSPS) is 11.8. The van der Waals surface area contributed by atoms with E-state index in [9.17, 15) is 8.42 Å². The van der Waals surface area contributed by atoms with Gasteiger partial charge in [-0.1, -0.05) is 6.07 Å². The third-order valence-corrected chi connectivity index (χ3v) is 4.05. The third-order valence-electron chi connectivity index (χ3n) is 2.83. The number of aryl methyl sites for hydroxylation is 1. The number of sulfonamides is 1. The minimum atomic E-state index is -3.45. The molecule has 0 radical (unpaired) electrons. The molecule has 1 aromatic rings. The molecule has 0 saturated heterocycles. The molecule has 1 rings (SSSR count). The van der Waals surface area contributed by atoms with E-state index in [0.717, 1.165) is 11.1 Å². The van der Waals surface area contributed by atoms with Gasteiger partial charge >= 0.3 is 0 Å². The number of hydrogen-bond donors (Lipinski definition) is 2. The summed E-state index contributed by atoms with van der Waals surface area (Å²) in [6, 6.07) is 3.56. The first-order valence-corrected chi connectivity index (χ1v) is 7.86. The molecule has 0 fully saturated rings. The van der Waals surface area contributed by atoms with Gasteiger partial charge < -0.3 is 10.5 Å². The molecule has 0 amide bonds.